The van der Waals surface area contributed by atoms with Crippen molar-refractivity contribution >= 4 is 17.2 Å². The van der Waals surface area contributed by atoms with Crippen molar-refractivity contribution < 1.29 is 0 Å². The third kappa shape index (κ3) is 2.43. The molecule has 2 aromatic rings. The molecule has 0 fully saturated rings. The van der Waals surface area contributed by atoms with Crippen molar-refractivity contribution in [1.29, 1.82) is 0 Å². The molecule has 2 N–H and O–H groups in total. The number of rotatable bonds is 3. The fourth-order valence-corrected chi connectivity index (χ4v) is 1.99. The van der Waals surface area contributed by atoms with E-state index in [1.54, 1.807) is 0 Å². The summed E-state index contributed by atoms with van der Waals surface area (Å²) in [5.41, 5.74) is 9.77. The van der Waals surface area contributed by atoms with Crippen LogP contribution in [0.15, 0.2) is 30.5 Å². The second-order valence-electron chi connectivity index (χ2n) is 4.72. The Bertz CT molecular complexity index is 584. The molecule has 3 nitrogen and oxygen atoms in total. The molecule has 0 aliphatic rings. The Labute approximate surface area is 113 Å². The third-order valence-corrected chi connectivity index (χ3v) is 3.09. The lowest BCUT2D eigenvalue weighted by molar-refractivity contribution is 0.767. The monoisotopic (exact) mass is 259 g/mol. The van der Waals surface area contributed by atoms with Crippen molar-refractivity contribution in [3.8, 4) is 5.69 Å². The summed E-state index contributed by atoms with van der Waals surface area (Å²) in [6, 6.07) is 8.02. The van der Waals surface area contributed by atoms with E-state index < -0.39 is 0 Å². The van der Waals surface area contributed by atoms with Crippen LogP contribution in [0.4, 0.5) is 0 Å². The fraction of sp³-hybridized carbons (Fsp3) is 0.286. The summed E-state index contributed by atoms with van der Waals surface area (Å²) >= 11 is 5.09. The minimum Gasteiger partial charge on any atom is -0.389 e. The van der Waals surface area contributed by atoms with Gasteiger partial charge in [0.2, 0.25) is 0 Å². The first kappa shape index (κ1) is 12.8. The maximum Gasteiger partial charge on any atom is 0.106 e. The number of nitrogens with zero attached hydrogens (tertiary/aromatic N) is 2. The lowest BCUT2D eigenvalue weighted by Gasteiger charge is -2.09. The molecule has 0 saturated heterocycles. The summed E-state index contributed by atoms with van der Waals surface area (Å²) in [7, 11) is 0. The zero-order valence-electron chi connectivity index (χ0n) is 10.8. The number of aryl methyl sites for hydroxylation is 1. The number of nitrogens with two attached hydrogens (primary N) is 1. The molecule has 0 atom stereocenters. The van der Waals surface area contributed by atoms with Gasteiger partial charge in [0.25, 0.3) is 0 Å². The second-order valence-corrected chi connectivity index (χ2v) is 5.16. The maximum atomic E-state index is 5.76. The van der Waals surface area contributed by atoms with Gasteiger partial charge in [0.15, 0.2) is 0 Å². The van der Waals surface area contributed by atoms with Gasteiger partial charge < -0.3 is 5.73 Å². The van der Waals surface area contributed by atoms with Gasteiger partial charge in [-0.3, -0.25) is 0 Å². The summed E-state index contributed by atoms with van der Waals surface area (Å²) < 4.78 is 1.84. The summed E-state index contributed by atoms with van der Waals surface area (Å²) in [5.74, 6) is 0.407. The molecule has 94 valence electrons. The Hall–Kier alpha value is -1.68. The van der Waals surface area contributed by atoms with E-state index in [0.717, 1.165) is 22.5 Å². The van der Waals surface area contributed by atoms with Crippen LogP contribution in [0.25, 0.3) is 5.69 Å². The first-order chi connectivity index (χ1) is 8.49. The van der Waals surface area contributed by atoms with Crippen molar-refractivity contribution in [3.63, 3.8) is 0 Å². The molecule has 2 rings (SSSR count). The molecule has 4 heteroatoms. The predicted molar refractivity (Wildman–Crippen MR) is 78.3 cm³/mol. The summed E-state index contributed by atoms with van der Waals surface area (Å²) in [5, 5.41) is 4.57. The molecule has 0 spiro atoms. The first-order valence-corrected chi connectivity index (χ1v) is 6.36. The minimum atomic E-state index is 0.395. The van der Waals surface area contributed by atoms with Crippen LogP contribution in [0, 0.1) is 6.92 Å². The Balaban J connectivity index is 2.54. The van der Waals surface area contributed by atoms with E-state index >= 15 is 0 Å². The van der Waals surface area contributed by atoms with Crippen molar-refractivity contribution in [2.75, 3.05) is 0 Å². The highest BCUT2D eigenvalue weighted by molar-refractivity contribution is 7.80. The Morgan fingerprint density at radius 3 is 2.61 bits per heavy atom. The second kappa shape index (κ2) is 4.90. The van der Waals surface area contributed by atoms with E-state index in [1.807, 2.05) is 42.1 Å². The highest BCUT2D eigenvalue weighted by Crippen LogP contribution is 2.18. The van der Waals surface area contributed by atoms with Crippen LogP contribution in [-0.2, 0) is 0 Å². The van der Waals surface area contributed by atoms with E-state index in [4.69, 9.17) is 18.0 Å². The van der Waals surface area contributed by atoms with Crippen LogP contribution in [0.3, 0.4) is 0 Å². The summed E-state index contributed by atoms with van der Waals surface area (Å²) in [4.78, 5) is 0.395. The van der Waals surface area contributed by atoms with Gasteiger partial charge in [-0.1, -0.05) is 32.1 Å². The van der Waals surface area contributed by atoms with Gasteiger partial charge in [-0.25, -0.2) is 4.68 Å². The third-order valence-electron chi connectivity index (χ3n) is 2.87. The first-order valence-electron chi connectivity index (χ1n) is 5.95. The average Bonchev–Trinajstić information content (AvgIpc) is 2.77. The Kier molecular flexibility index (Phi) is 3.48. The quantitative estimate of drug-likeness (QED) is 0.862. The van der Waals surface area contributed by atoms with Gasteiger partial charge in [0.05, 0.1) is 11.4 Å². The predicted octanol–water partition coefficient (Wildman–Crippen LogP) is 2.94. The number of benzene rings is 1. The molecule has 1 heterocycles. The Morgan fingerprint density at radius 1 is 1.33 bits per heavy atom. The number of hydrogen-bond acceptors (Lipinski definition) is 2. The topological polar surface area (TPSA) is 43.8 Å². The average molecular weight is 259 g/mol. The highest BCUT2D eigenvalue weighted by Gasteiger charge is 2.10. The molecule has 0 amide bonds. The molecule has 0 aliphatic heterocycles. The molecule has 1 aromatic heterocycles. The van der Waals surface area contributed by atoms with Crippen LogP contribution in [0.2, 0.25) is 0 Å². The smallest absolute Gasteiger partial charge is 0.106 e. The van der Waals surface area contributed by atoms with Gasteiger partial charge in [-0.15, -0.1) is 0 Å². The molecule has 0 bridgehead atoms. The normalized spacial score (nSPS) is 10.9. The number of thiocarbonyl (C=S) groups is 1. The summed E-state index contributed by atoms with van der Waals surface area (Å²) in [6.45, 7) is 6.29. The van der Waals surface area contributed by atoms with E-state index in [2.05, 4.69) is 18.9 Å². The van der Waals surface area contributed by atoms with Gasteiger partial charge >= 0.3 is 0 Å². The van der Waals surface area contributed by atoms with E-state index in [0.29, 0.717) is 10.9 Å². The SMILES string of the molecule is Cc1ccc(C(N)=S)c(-n2ccc(C(C)C)n2)c1. The Morgan fingerprint density at radius 2 is 2.06 bits per heavy atom. The lowest BCUT2D eigenvalue weighted by Crippen LogP contribution is -2.14. The molecule has 0 unspecified atom stereocenters. The van der Waals surface area contributed by atoms with Crippen LogP contribution in [0.5, 0.6) is 0 Å². The van der Waals surface area contributed by atoms with Gasteiger partial charge in [0.1, 0.15) is 4.99 Å². The molecule has 0 radical (unpaired) electrons. The molecular formula is C14H17N3S. The van der Waals surface area contributed by atoms with E-state index in [9.17, 15) is 0 Å². The maximum absolute atomic E-state index is 5.76. The highest BCUT2D eigenvalue weighted by atomic mass is 32.1. The number of aromatic nitrogens is 2. The van der Waals surface area contributed by atoms with Gasteiger partial charge in [-0.05, 0) is 36.6 Å². The zero-order valence-corrected chi connectivity index (χ0v) is 11.7. The van der Waals surface area contributed by atoms with Crippen LogP contribution in [0.1, 0.15) is 36.6 Å². The largest absolute Gasteiger partial charge is 0.389 e. The van der Waals surface area contributed by atoms with E-state index in [1.165, 1.54) is 0 Å². The van der Waals surface area contributed by atoms with Crippen LogP contribution in [-0.4, -0.2) is 14.8 Å². The number of hydrogen-bond donors (Lipinski definition) is 1. The van der Waals surface area contributed by atoms with Crippen molar-refractivity contribution in [1.82, 2.24) is 9.78 Å². The minimum absolute atomic E-state index is 0.395. The summed E-state index contributed by atoms with van der Waals surface area (Å²) in [6.07, 6.45) is 1.95. The molecule has 18 heavy (non-hydrogen) atoms. The zero-order chi connectivity index (χ0) is 13.3. The fourth-order valence-electron chi connectivity index (χ4n) is 1.82. The molecule has 0 saturated carbocycles. The van der Waals surface area contributed by atoms with Gasteiger partial charge in [0, 0.05) is 11.8 Å². The van der Waals surface area contributed by atoms with Crippen LogP contribution >= 0.6 is 12.2 Å². The standard InChI is InChI=1S/C14H17N3S/c1-9(2)12-6-7-17(16-12)13-8-10(3)4-5-11(13)14(15)18/h4-9H,1-3H3,(H2,15,18). The van der Waals surface area contributed by atoms with Crippen molar-refractivity contribution in [2.24, 2.45) is 5.73 Å². The van der Waals surface area contributed by atoms with Gasteiger partial charge in [-0.2, -0.15) is 5.10 Å². The molecule has 0 aliphatic carbocycles. The van der Waals surface area contributed by atoms with E-state index in [-0.39, 0.29) is 0 Å². The van der Waals surface area contributed by atoms with Crippen molar-refractivity contribution in [2.45, 2.75) is 26.7 Å². The molecular weight excluding hydrogens is 242 g/mol. The lowest BCUT2D eigenvalue weighted by atomic mass is 10.1. The van der Waals surface area contributed by atoms with Crippen LogP contribution < -0.4 is 5.73 Å². The molecule has 1 aromatic carbocycles. The van der Waals surface area contributed by atoms with Crippen molar-refractivity contribution in [3.05, 3.63) is 47.3 Å².